The molecule has 12 heteroatoms. The maximum Gasteiger partial charge on any atom is 0.316 e. The highest BCUT2D eigenvalue weighted by Gasteiger charge is 2.70. The molecule has 5 N–H and O–H groups in total. The number of nitrogens with zero attached hydrogens (tertiary/aromatic N) is 2. The largest absolute Gasteiger partial charge is 0.363 e. The van der Waals surface area contributed by atoms with E-state index in [0.29, 0.717) is 18.5 Å². The molecule has 6 atom stereocenters. The summed E-state index contributed by atoms with van der Waals surface area (Å²) in [5.41, 5.74) is 4.78. The zero-order valence-corrected chi connectivity index (χ0v) is 26.2. The van der Waals surface area contributed by atoms with E-state index in [9.17, 15) is 28.8 Å². The highest BCUT2D eigenvalue weighted by Crippen LogP contribution is 2.65. The molecule has 0 bridgehead atoms. The number of rotatable bonds is 11. The number of hydrogen-bond donors (Lipinski definition) is 4. The summed E-state index contributed by atoms with van der Waals surface area (Å²) in [6.07, 6.45) is 3.19. The molecule has 42 heavy (non-hydrogen) atoms. The van der Waals surface area contributed by atoms with Crippen molar-refractivity contribution in [1.82, 2.24) is 25.8 Å². The Kier molecular flexibility index (Phi) is 9.48. The van der Waals surface area contributed by atoms with Crippen molar-refractivity contribution in [3.05, 3.63) is 12.2 Å². The molecule has 3 aliphatic rings. The van der Waals surface area contributed by atoms with Crippen molar-refractivity contribution in [2.24, 2.45) is 34.3 Å². The van der Waals surface area contributed by atoms with Gasteiger partial charge in [-0.25, -0.2) is 4.79 Å². The first-order valence-corrected chi connectivity index (χ1v) is 14.7. The van der Waals surface area contributed by atoms with Crippen LogP contribution in [0, 0.1) is 28.6 Å². The number of urea groups is 1. The molecular formula is C30H48N6O6. The van der Waals surface area contributed by atoms with Crippen LogP contribution in [0.15, 0.2) is 12.2 Å². The minimum Gasteiger partial charge on any atom is -0.363 e. The number of likely N-dealkylation sites (N-methyl/N-ethyl adjacent to an activating group) is 1. The van der Waals surface area contributed by atoms with Crippen molar-refractivity contribution >= 4 is 35.4 Å². The minimum absolute atomic E-state index is 0.0640. The fourth-order valence-electron chi connectivity index (χ4n) is 6.31. The number of carbonyl (C=O) groups excluding carboxylic acids is 6. The monoisotopic (exact) mass is 588 g/mol. The SMILES string of the molecule is C=C(C)[C@H](NC(=O)N[C@H](C(=O)N1C[C@H]2[C@@H]([C@H]1C(=O)NC(CC1CCC1)C(=O)C(N)=O)C2(C)C)C(C)(C)C)C(=O)N(C)C. The molecule has 0 aromatic carbocycles. The van der Waals surface area contributed by atoms with Gasteiger partial charge in [0.05, 0.1) is 6.04 Å². The second-order valence-corrected chi connectivity index (χ2v) is 14.1. The van der Waals surface area contributed by atoms with E-state index >= 15 is 0 Å². The molecule has 6 amide bonds. The lowest BCUT2D eigenvalue weighted by atomic mass is 9.80. The van der Waals surface area contributed by atoms with Crippen molar-refractivity contribution in [3.8, 4) is 0 Å². The molecule has 12 nitrogen and oxygen atoms in total. The van der Waals surface area contributed by atoms with Crippen LogP contribution in [0.1, 0.15) is 67.2 Å². The third kappa shape index (κ3) is 6.78. The van der Waals surface area contributed by atoms with Gasteiger partial charge < -0.3 is 31.5 Å². The number of likely N-dealkylation sites (tertiary alicyclic amines) is 1. The van der Waals surface area contributed by atoms with Gasteiger partial charge in [-0.15, -0.1) is 0 Å². The third-order valence-corrected chi connectivity index (χ3v) is 9.27. The number of ketones is 1. The first-order chi connectivity index (χ1) is 19.3. The lowest BCUT2D eigenvalue weighted by molar-refractivity contribution is -0.145. The van der Waals surface area contributed by atoms with Crippen LogP contribution in [0.5, 0.6) is 0 Å². The van der Waals surface area contributed by atoms with Gasteiger partial charge in [0.25, 0.3) is 5.91 Å². The number of primary amides is 1. The second-order valence-electron chi connectivity index (χ2n) is 14.1. The van der Waals surface area contributed by atoms with Gasteiger partial charge in [-0.1, -0.05) is 60.5 Å². The Labute approximate surface area is 248 Å². The van der Waals surface area contributed by atoms with E-state index in [1.165, 1.54) is 9.80 Å². The molecule has 0 aromatic heterocycles. The summed E-state index contributed by atoms with van der Waals surface area (Å²) >= 11 is 0. The van der Waals surface area contributed by atoms with E-state index in [1.807, 2.05) is 13.8 Å². The highest BCUT2D eigenvalue weighted by atomic mass is 16.2. The van der Waals surface area contributed by atoms with Gasteiger partial charge in [0.2, 0.25) is 23.5 Å². The zero-order valence-electron chi connectivity index (χ0n) is 26.2. The number of nitrogens with two attached hydrogens (primary N) is 1. The molecule has 0 radical (unpaired) electrons. The number of hydrogen-bond acceptors (Lipinski definition) is 6. The zero-order chi connectivity index (χ0) is 31.9. The Bertz CT molecular complexity index is 1150. The summed E-state index contributed by atoms with van der Waals surface area (Å²) in [7, 11) is 3.14. The van der Waals surface area contributed by atoms with Crippen molar-refractivity contribution in [3.63, 3.8) is 0 Å². The summed E-state index contributed by atoms with van der Waals surface area (Å²) in [5, 5.41) is 8.12. The number of nitrogens with one attached hydrogen (secondary N) is 3. The van der Waals surface area contributed by atoms with Gasteiger partial charge in [-0.2, -0.15) is 0 Å². The molecule has 0 aromatic rings. The maximum atomic E-state index is 14.1. The first kappa shape index (κ1) is 33.1. The van der Waals surface area contributed by atoms with Crippen molar-refractivity contribution in [2.75, 3.05) is 20.6 Å². The van der Waals surface area contributed by atoms with Gasteiger partial charge in [0, 0.05) is 20.6 Å². The van der Waals surface area contributed by atoms with Gasteiger partial charge in [-0.05, 0) is 47.5 Å². The standard InChI is InChI=1S/C30H48N6O6/c1-15(2)20(26(40)35(8)9)33-28(42)34-23(29(3,4)5)27(41)36-14-17-19(30(17,6)7)21(36)25(39)32-18(22(37)24(31)38)13-16-11-10-12-16/h16-21,23H,1,10-14H2,2-9H3,(H2,31,38)(H,32,39)(H2,33,34,42)/t17-,18?,19-,20-,21-,23+/m0/s1. The Balaban J connectivity index is 1.83. The highest BCUT2D eigenvalue weighted by molar-refractivity contribution is 6.37. The number of carbonyl (C=O) groups is 6. The molecule has 2 aliphatic carbocycles. The van der Waals surface area contributed by atoms with Crippen LogP contribution in [0.4, 0.5) is 4.79 Å². The fraction of sp³-hybridized carbons (Fsp3) is 0.733. The third-order valence-electron chi connectivity index (χ3n) is 9.27. The predicted molar refractivity (Wildman–Crippen MR) is 157 cm³/mol. The normalized spacial score (nSPS) is 24.7. The summed E-state index contributed by atoms with van der Waals surface area (Å²) < 4.78 is 0. The summed E-state index contributed by atoms with van der Waals surface area (Å²) in [6, 6.07) is -4.66. The molecule has 1 saturated heterocycles. The van der Waals surface area contributed by atoms with E-state index in [-0.39, 0.29) is 29.1 Å². The fourth-order valence-corrected chi connectivity index (χ4v) is 6.31. The van der Waals surface area contributed by atoms with E-state index in [1.54, 1.807) is 41.8 Å². The molecular weight excluding hydrogens is 540 g/mol. The lowest BCUT2D eigenvalue weighted by Crippen LogP contribution is -2.62. The van der Waals surface area contributed by atoms with Crippen LogP contribution in [0.25, 0.3) is 0 Å². The van der Waals surface area contributed by atoms with E-state index in [2.05, 4.69) is 22.5 Å². The Morgan fingerprint density at radius 3 is 2.10 bits per heavy atom. The summed E-state index contributed by atoms with van der Waals surface area (Å²) in [5.74, 6) is -3.11. The maximum absolute atomic E-state index is 14.1. The van der Waals surface area contributed by atoms with Gasteiger partial charge >= 0.3 is 6.03 Å². The van der Waals surface area contributed by atoms with Crippen molar-refractivity contribution < 1.29 is 28.8 Å². The topological polar surface area (TPSA) is 171 Å². The predicted octanol–water partition coefficient (Wildman–Crippen LogP) is 0.946. The van der Waals surface area contributed by atoms with Crippen LogP contribution in [-0.2, 0) is 24.0 Å². The Hall–Kier alpha value is -3.44. The lowest BCUT2D eigenvalue weighted by Gasteiger charge is -2.38. The molecule has 234 valence electrons. The number of Topliss-reactive ketones (excluding diaryl/α,β-unsaturated/α-hetero) is 1. The average Bonchev–Trinajstić information content (AvgIpc) is 3.17. The van der Waals surface area contributed by atoms with Crippen molar-refractivity contribution in [2.45, 2.75) is 91.4 Å². The molecule has 3 rings (SSSR count). The number of fused-ring (bicyclic) bond motifs is 1. The Morgan fingerprint density at radius 2 is 1.64 bits per heavy atom. The molecule has 2 saturated carbocycles. The molecule has 0 spiro atoms. The Morgan fingerprint density at radius 1 is 1.05 bits per heavy atom. The number of piperidine rings is 1. The van der Waals surface area contributed by atoms with Crippen LogP contribution in [0.3, 0.4) is 0 Å². The summed E-state index contributed by atoms with van der Waals surface area (Å²) in [6.45, 7) is 15.2. The molecule has 1 aliphatic heterocycles. The van der Waals surface area contributed by atoms with E-state index < -0.39 is 59.1 Å². The molecule has 3 fully saturated rings. The van der Waals surface area contributed by atoms with Crippen LogP contribution in [0.2, 0.25) is 0 Å². The minimum atomic E-state index is -1.10. The smallest absolute Gasteiger partial charge is 0.316 e. The van der Waals surface area contributed by atoms with Crippen LogP contribution >= 0.6 is 0 Å². The van der Waals surface area contributed by atoms with Crippen molar-refractivity contribution in [1.29, 1.82) is 0 Å². The second kappa shape index (κ2) is 12.0. The van der Waals surface area contributed by atoms with Crippen LogP contribution in [-0.4, -0.2) is 90.1 Å². The van der Waals surface area contributed by atoms with E-state index in [0.717, 1.165) is 19.3 Å². The molecule has 1 unspecified atom stereocenters. The first-order valence-electron chi connectivity index (χ1n) is 14.7. The van der Waals surface area contributed by atoms with Gasteiger partial charge in [-0.3, -0.25) is 24.0 Å². The molecule has 1 heterocycles. The van der Waals surface area contributed by atoms with Crippen LogP contribution < -0.4 is 21.7 Å². The van der Waals surface area contributed by atoms with Gasteiger partial charge in [0.1, 0.15) is 18.1 Å². The van der Waals surface area contributed by atoms with E-state index in [4.69, 9.17) is 5.73 Å². The summed E-state index contributed by atoms with van der Waals surface area (Å²) in [4.78, 5) is 80.8. The van der Waals surface area contributed by atoms with Gasteiger partial charge in [0.15, 0.2) is 0 Å². The quantitative estimate of drug-likeness (QED) is 0.207. The number of amides is 6. The average molecular weight is 589 g/mol.